The Balaban J connectivity index is 1.42. The summed E-state index contributed by atoms with van der Waals surface area (Å²) in [5, 5.41) is 1.58. The first-order valence-electron chi connectivity index (χ1n) is 11.2. The minimum atomic E-state index is -0.626. The highest BCUT2D eigenvalue weighted by Crippen LogP contribution is 2.32. The van der Waals surface area contributed by atoms with Gasteiger partial charge in [0.15, 0.2) is 0 Å². The molecule has 1 aliphatic carbocycles. The van der Waals surface area contributed by atoms with Crippen molar-refractivity contribution in [3.63, 3.8) is 0 Å². The van der Waals surface area contributed by atoms with Gasteiger partial charge < -0.3 is 4.74 Å². The zero-order valence-corrected chi connectivity index (χ0v) is 18.3. The molecular formula is C28H27F3O. The summed E-state index contributed by atoms with van der Waals surface area (Å²) in [6.07, 6.45) is 6.25. The van der Waals surface area contributed by atoms with Gasteiger partial charge in [-0.2, -0.15) is 0 Å². The highest BCUT2D eigenvalue weighted by atomic mass is 19.1. The Bertz CT molecular complexity index is 1130. The fourth-order valence-corrected chi connectivity index (χ4v) is 4.61. The molecule has 0 unspecified atom stereocenters. The monoisotopic (exact) mass is 436 g/mol. The van der Waals surface area contributed by atoms with E-state index < -0.39 is 11.6 Å². The van der Waals surface area contributed by atoms with Crippen molar-refractivity contribution in [2.45, 2.75) is 38.5 Å². The lowest BCUT2D eigenvalue weighted by molar-refractivity contribution is 0.117. The first-order valence-corrected chi connectivity index (χ1v) is 11.2. The molecule has 0 bridgehead atoms. The van der Waals surface area contributed by atoms with Crippen LogP contribution in [0.5, 0.6) is 0 Å². The van der Waals surface area contributed by atoms with E-state index in [2.05, 4.69) is 11.8 Å². The molecule has 0 amide bonds. The van der Waals surface area contributed by atoms with Gasteiger partial charge in [-0.15, -0.1) is 0 Å². The van der Waals surface area contributed by atoms with Crippen molar-refractivity contribution in [3.05, 3.63) is 82.7 Å². The van der Waals surface area contributed by atoms with Crippen LogP contribution in [0.4, 0.5) is 13.2 Å². The van der Waals surface area contributed by atoms with E-state index in [1.807, 2.05) is 0 Å². The highest BCUT2D eigenvalue weighted by molar-refractivity contribution is 5.84. The third-order valence-corrected chi connectivity index (χ3v) is 6.45. The topological polar surface area (TPSA) is 9.23 Å². The molecule has 0 atom stereocenters. The fraction of sp³-hybridized carbons (Fsp3) is 0.357. The summed E-state index contributed by atoms with van der Waals surface area (Å²) < 4.78 is 47.8. The Labute approximate surface area is 187 Å². The summed E-state index contributed by atoms with van der Waals surface area (Å²) in [7, 11) is 1.74. The number of methoxy groups -OCH3 is 1. The summed E-state index contributed by atoms with van der Waals surface area (Å²) in [6.45, 7) is 0.823. The van der Waals surface area contributed by atoms with Crippen LogP contribution in [0.25, 0.3) is 10.8 Å². The molecule has 1 nitrogen and oxygen atoms in total. The largest absolute Gasteiger partial charge is 0.384 e. The maximum Gasteiger partial charge on any atom is 0.142 e. The van der Waals surface area contributed by atoms with Crippen molar-refractivity contribution in [3.8, 4) is 11.8 Å². The van der Waals surface area contributed by atoms with Crippen LogP contribution in [-0.4, -0.2) is 13.7 Å². The van der Waals surface area contributed by atoms with Crippen LogP contribution >= 0.6 is 0 Å². The molecule has 32 heavy (non-hydrogen) atoms. The molecule has 4 rings (SSSR count). The third kappa shape index (κ3) is 5.53. The molecule has 166 valence electrons. The molecule has 0 aliphatic heterocycles. The zero-order chi connectivity index (χ0) is 22.5. The normalized spacial score (nSPS) is 18.4. The lowest BCUT2D eigenvalue weighted by atomic mass is 9.80. The number of fused-ring (bicyclic) bond motifs is 1. The van der Waals surface area contributed by atoms with E-state index in [1.165, 1.54) is 37.1 Å². The molecule has 3 aromatic carbocycles. The Kier molecular flexibility index (Phi) is 7.17. The Hall–Kier alpha value is -2.77. The number of hydrogen-bond acceptors (Lipinski definition) is 1. The summed E-state index contributed by atoms with van der Waals surface area (Å²) in [6, 6.07) is 12.6. The van der Waals surface area contributed by atoms with Crippen molar-refractivity contribution in [1.82, 2.24) is 0 Å². The maximum atomic E-state index is 14.6. The lowest BCUT2D eigenvalue weighted by Crippen LogP contribution is -2.18. The van der Waals surface area contributed by atoms with Crippen LogP contribution in [0.15, 0.2) is 48.5 Å². The van der Waals surface area contributed by atoms with Crippen LogP contribution in [-0.2, 0) is 11.2 Å². The van der Waals surface area contributed by atoms with Crippen molar-refractivity contribution in [2.24, 2.45) is 11.8 Å². The van der Waals surface area contributed by atoms with Gasteiger partial charge in [0.2, 0.25) is 0 Å². The van der Waals surface area contributed by atoms with Crippen LogP contribution < -0.4 is 0 Å². The molecule has 0 spiro atoms. The van der Waals surface area contributed by atoms with E-state index in [4.69, 9.17) is 4.74 Å². The van der Waals surface area contributed by atoms with Gasteiger partial charge in [0.1, 0.15) is 17.5 Å². The van der Waals surface area contributed by atoms with Crippen LogP contribution in [0.1, 0.15) is 48.8 Å². The lowest BCUT2D eigenvalue weighted by Gasteiger charge is -2.28. The second-order valence-corrected chi connectivity index (χ2v) is 8.77. The van der Waals surface area contributed by atoms with Crippen molar-refractivity contribution < 1.29 is 17.9 Å². The van der Waals surface area contributed by atoms with Gasteiger partial charge in [0.25, 0.3) is 0 Å². The molecule has 3 aromatic rings. The van der Waals surface area contributed by atoms with Crippen LogP contribution in [0.2, 0.25) is 0 Å². The minimum Gasteiger partial charge on any atom is -0.384 e. The van der Waals surface area contributed by atoms with Crippen LogP contribution in [0, 0.1) is 41.1 Å². The Morgan fingerprint density at radius 3 is 2.19 bits per heavy atom. The fourth-order valence-electron chi connectivity index (χ4n) is 4.61. The van der Waals surface area contributed by atoms with E-state index >= 15 is 0 Å². The SMILES string of the molecule is COCC1CCC(CCc2cc(F)c(C#Cc3ccc4cc(F)ccc4c3)c(F)c2)CC1. The Morgan fingerprint density at radius 1 is 0.812 bits per heavy atom. The van der Waals surface area contributed by atoms with Gasteiger partial charge >= 0.3 is 0 Å². The second-order valence-electron chi connectivity index (χ2n) is 8.77. The Morgan fingerprint density at radius 2 is 1.47 bits per heavy atom. The number of hydrogen-bond donors (Lipinski definition) is 0. The molecule has 0 N–H and O–H groups in total. The minimum absolute atomic E-state index is 0.215. The molecule has 0 aromatic heterocycles. The van der Waals surface area contributed by atoms with Crippen molar-refractivity contribution >= 4 is 10.8 Å². The molecule has 1 aliphatic rings. The molecule has 1 saturated carbocycles. The zero-order valence-electron chi connectivity index (χ0n) is 18.3. The predicted molar refractivity (Wildman–Crippen MR) is 122 cm³/mol. The van der Waals surface area contributed by atoms with E-state index in [1.54, 1.807) is 31.4 Å². The summed E-state index contributed by atoms with van der Waals surface area (Å²) in [5.41, 5.74) is 1.08. The molecule has 0 heterocycles. The van der Waals surface area contributed by atoms with E-state index in [9.17, 15) is 13.2 Å². The number of rotatable bonds is 5. The molecule has 4 heteroatoms. The second kappa shape index (κ2) is 10.2. The average Bonchev–Trinajstić information content (AvgIpc) is 2.78. The van der Waals surface area contributed by atoms with Gasteiger partial charge in [-0.25, -0.2) is 13.2 Å². The molecule has 1 fully saturated rings. The number of ether oxygens (including phenoxy) is 1. The molecule has 0 radical (unpaired) electrons. The molecular weight excluding hydrogens is 409 g/mol. The van der Waals surface area contributed by atoms with Gasteiger partial charge in [-0.3, -0.25) is 0 Å². The molecule has 0 saturated heterocycles. The number of benzene rings is 3. The van der Waals surface area contributed by atoms with Crippen molar-refractivity contribution in [1.29, 1.82) is 0 Å². The average molecular weight is 437 g/mol. The van der Waals surface area contributed by atoms with Gasteiger partial charge in [-0.05, 0) is 90.3 Å². The number of aryl methyl sites for hydroxylation is 1. The summed E-state index contributed by atoms with van der Waals surface area (Å²) >= 11 is 0. The third-order valence-electron chi connectivity index (χ3n) is 6.45. The highest BCUT2D eigenvalue weighted by Gasteiger charge is 2.21. The standard InChI is InChI=1S/C28H27F3O/c1-32-18-21-5-2-19(3-6-21)4-7-22-15-27(30)26(28(31)16-22)13-9-20-8-10-24-17-25(29)12-11-23(24)14-20/h8,10-12,14-17,19,21H,2-7,18H2,1H3. The first kappa shape index (κ1) is 22.4. The quantitative estimate of drug-likeness (QED) is 0.390. The first-order chi connectivity index (χ1) is 15.5. The van der Waals surface area contributed by atoms with E-state index in [0.29, 0.717) is 29.4 Å². The van der Waals surface area contributed by atoms with Gasteiger partial charge in [0, 0.05) is 19.3 Å². The predicted octanol–water partition coefficient (Wildman–Crippen LogP) is 7.04. The van der Waals surface area contributed by atoms with E-state index in [0.717, 1.165) is 36.6 Å². The van der Waals surface area contributed by atoms with Crippen molar-refractivity contribution in [2.75, 3.05) is 13.7 Å². The van der Waals surface area contributed by atoms with Gasteiger partial charge in [-0.1, -0.05) is 36.8 Å². The maximum absolute atomic E-state index is 14.6. The van der Waals surface area contributed by atoms with Crippen LogP contribution in [0.3, 0.4) is 0 Å². The van der Waals surface area contributed by atoms with Gasteiger partial charge in [0.05, 0.1) is 5.56 Å². The smallest absolute Gasteiger partial charge is 0.142 e. The summed E-state index contributed by atoms with van der Waals surface area (Å²) in [4.78, 5) is 0. The summed E-state index contributed by atoms with van der Waals surface area (Å²) in [5.74, 6) is 5.17. The van der Waals surface area contributed by atoms with E-state index in [-0.39, 0.29) is 11.4 Å². The number of halogens is 3.